The molecule has 0 aliphatic carbocycles. The van der Waals surface area contributed by atoms with E-state index in [1.165, 1.54) is 0 Å². The molecule has 0 spiro atoms. The van der Waals surface area contributed by atoms with E-state index >= 15 is 0 Å². The number of hydrogen-bond donors (Lipinski definition) is 8. The standard InChI is InChI=1S/C12H22O10/c13-1-3-5(15)7(17)9(19)11(21-3)12-10(20)8(18)6(16)4(2-14)22-12/h3-20H,1-2H2/t3-,4-,5-,6+,7+,8+,9-,10-,11-,12?/m1/s1. The van der Waals surface area contributed by atoms with E-state index in [0.29, 0.717) is 0 Å². The number of ether oxygens (including phenoxy) is 2. The topological polar surface area (TPSA) is 180 Å². The molecule has 2 aliphatic heterocycles. The molecule has 0 amide bonds. The molecule has 2 heterocycles. The van der Waals surface area contributed by atoms with Gasteiger partial charge in [0.2, 0.25) is 0 Å². The highest BCUT2D eigenvalue weighted by atomic mass is 16.6. The van der Waals surface area contributed by atoms with Crippen LogP contribution in [0.25, 0.3) is 0 Å². The zero-order chi connectivity index (χ0) is 16.6. The van der Waals surface area contributed by atoms with Crippen molar-refractivity contribution >= 4 is 0 Å². The first-order chi connectivity index (χ1) is 10.3. The minimum absolute atomic E-state index is 0.654. The second-order valence-corrected chi connectivity index (χ2v) is 5.59. The van der Waals surface area contributed by atoms with Crippen LogP contribution in [0, 0.1) is 0 Å². The van der Waals surface area contributed by atoms with Crippen LogP contribution in [0.3, 0.4) is 0 Å². The predicted molar refractivity (Wildman–Crippen MR) is 67.5 cm³/mol. The summed E-state index contributed by atoms with van der Waals surface area (Å²) in [4.78, 5) is 0. The van der Waals surface area contributed by atoms with Gasteiger partial charge in [-0.25, -0.2) is 0 Å². The number of aliphatic hydroxyl groups excluding tert-OH is 8. The summed E-state index contributed by atoms with van der Waals surface area (Å²) in [5, 5.41) is 77.1. The van der Waals surface area contributed by atoms with E-state index in [9.17, 15) is 30.6 Å². The monoisotopic (exact) mass is 326 g/mol. The molecule has 2 rings (SSSR count). The second kappa shape index (κ2) is 7.01. The lowest BCUT2D eigenvalue weighted by Gasteiger charge is -2.48. The van der Waals surface area contributed by atoms with Gasteiger partial charge in [0.1, 0.15) is 61.0 Å². The van der Waals surface area contributed by atoms with Crippen molar-refractivity contribution in [2.24, 2.45) is 0 Å². The van der Waals surface area contributed by atoms with Gasteiger partial charge in [0.25, 0.3) is 0 Å². The summed E-state index contributed by atoms with van der Waals surface area (Å²) in [6.07, 6.45) is -15.0. The fourth-order valence-electron chi connectivity index (χ4n) is 2.80. The van der Waals surface area contributed by atoms with Crippen LogP contribution in [0.1, 0.15) is 0 Å². The minimum Gasteiger partial charge on any atom is -0.394 e. The Balaban J connectivity index is 2.21. The number of rotatable bonds is 3. The van der Waals surface area contributed by atoms with E-state index < -0.39 is 74.3 Å². The lowest BCUT2D eigenvalue weighted by Crippen LogP contribution is -2.68. The van der Waals surface area contributed by atoms with Gasteiger partial charge in [-0.05, 0) is 0 Å². The van der Waals surface area contributed by atoms with Crippen LogP contribution in [0.4, 0.5) is 0 Å². The average molecular weight is 326 g/mol. The summed E-state index contributed by atoms with van der Waals surface area (Å²) < 4.78 is 10.5. The SMILES string of the molecule is OC[C@H]1OC([C@@H]2O[C@H](CO)[C@@H](O)[C@H](O)[C@H]2O)[C@H](O)[C@@H](O)[C@H]1O. The molecule has 0 aromatic rings. The molecule has 22 heavy (non-hydrogen) atoms. The summed E-state index contributed by atoms with van der Waals surface area (Å²) in [6, 6.07) is 0. The second-order valence-electron chi connectivity index (χ2n) is 5.59. The fraction of sp³-hybridized carbons (Fsp3) is 1.00. The van der Waals surface area contributed by atoms with Crippen molar-refractivity contribution in [2.45, 2.75) is 61.0 Å². The summed E-state index contributed by atoms with van der Waals surface area (Å²) in [5.74, 6) is 0. The molecule has 10 atom stereocenters. The Morgan fingerprint density at radius 1 is 0.500 bits per heavy atom. The Morgan fingerprint density at radius 2 is 0.818 bits per heavy atom. The third-order valence-corrected chi connectivity index (χ3v) is 4.18. The highest BCUT2D eigenvalue weighted by molar-refractivity contribution is 5.02. The molecule has 130 valence electrons. The van der Waals surface area contributed by atoms with Crippen LogP contribution in [0.5, 0.6) is 0 Å². The Bertz CT molecular complexity index is 330. The molecule has 2 aliphatic rings. The first-order valence-electron chi connectivity index (χ1n) is 6.94. The molecule has 0 saturated carbocycles. The van der Waals surface area contributed by atoms with Crippen molar-refractivity contribution in [2.75, 3.05) is 13.2 Å². The Morgan fingerprint density at radius 3 is 1.09 bits per heavy atom. The van der Waals surface area contributed by atoms with Crippen molar-refractivity contribution in [3.8, 4) is 0 Å². The third kappa shape index (κ3) is 2.99. The zero-order valence-electron chi connectivity index (χ0n) is 11.6. The first-order valence-corrected chi connectivity index (χ1v) is 6.94. The predicted octanol–water partition coefficient (Wildman–Crippen LogP) is -5.33. The van der Waals surface area contributed by atoms with Gasteiger partial charge in [0.15, 0.2) is 0 Å². The van der Waals surface area contributed by atoms with Gasteiger partial charge < -0.3 is 50.3 Å². The van der Waals surface area contributed by atoms with Gasteiger partial charge in [-0.3, -0.25) is 0 Å². The van der Waals surface area contributed by atoms with Crippen LogP contribution in [-0.2, 0) is 9.47 Å². The first kappa shape index (κ1) is 17.9. The lowest BCUT2D eigenvalue weighted by atomic mass is 9.86. The van der Waals surface area contributed by atoms with Crippen LogP contribution in [0.15, 0.2) is 0 Å². The maximum Gasteiger partial charge on any atom is 0.115 e. The van der Waals surface area contributed by atoms with Crippen LogP contribution < -0.4 is 0 Å². The van der Waals surface area contributed by atoms with Crippen molar-refractivity contribution in [1.29, 1.82) is 0 Å². The molecule has 0 radical (unpaired) electrons. The Labute approximate surface area is 125 Å². The van der Waals surface area contributed by atoms with Gasteiger partial charge >= 0.3 is 0 Å². The highest BCUT2D eigenvalue weighted by Crippen LogP contribution is 2.31. The molecule has 0 bridgehead atoms. The highest BCUT2D eigenvalue weighted by Gasteiger charge is 2.53. The minimum atomic E-state index is -1.67. The van der Waals surface area contributed by atoms with E-state index in [4.69, 9.17) is 19.7 Å². The molecule has 8 N–H and O–H groups in total. The Hall–Kier alpha value is -0.400. The molecular formula is C12H22O10. The van der Waals surface area contributed by atoms with E-state index in [1.807, 2.05) is 0 Å². The van der Waals surface area contributed by atoms with Crippen molar-refractivity contribution in [3.05, 3.63) is 0 Å². The summed E-state index contributed by atoms with van der Waals surface area (Å²) in [7, 11) is 0. The normalized spacial score (nSPS) is 53.5. The molecule has 2 saturated heterocycles. The largest absolute Gasteiger partial charge is 0.394 e. The smallest absolute Gasteiger partial charge is 0.115 e. The fourth-order valence-corrected chi connectivity index (χ4v) is 2.80. The van der Waals surface area contributed by atoms with E-state index in [2.05, 4.69) is 0 Å². The van der Waals surface area contributed by atoms with Gasteiger partial charge in [0.05, 0.1) is 13.2 Å². The van der Waals surface area contributed by atoms with Gasteiger partial charge in [-0.1, -0.05) is 0 Å². The molecule has 0 aromatic carbocycles. The van der Waals surface area contributed by atoms with Crippen LogP contribution in [-0.4, -0.2) is 115 Å². The number of hydrogen-bond acceptors (Lipinski definition) is 10. The molecule has 2 fully saturated rings. The Kier molecular flexibility index (Phi) is 5.72. The van der Waals surface area contributed by atoms with Crippen molar-refractivity contribution in [1.82, 2.24) is 0 Å². The molecule has 10 nitrogen and oxygen atoms in total. The zero-order valence-corrected chi connectivity index (χ0v) is 11.6. The van der Waals surface area contributed by atoms with E-state index in [0.717, 1.165) is 0 Å². The molecule has 1 unspecified atom stereocenters. The van der Waals surface area contributed by atoms with Gasteiger partial charge in [0, 0.05) is 0 Å². The maximum absolute atomic E-state index is 9.99. The van der Waals surface area contributed by atoms with Crippen LogP contribution >= 0.6 is 0 Å². The van der Waals surface area contributed by atoms with E-state index in [-0.39, 0.29) is 0 Å². The maximum atomic E-state index is 9.99. The summed E-state index contributed by atoms with van der Waals surface area (Å²) in [5.41, 5.74) is 0. The third-order valence-electron chi connectivity index (χ3n) is 4.18. The van der Waals surface area contributed by atoms with Gasteiger partial charge in [-0.2, -0.15) is 0 Å². The average Bonchev–Trinajstić information content (AvgIpc) is 2.52. The molecular weight excluding hydrogens is 304 g/mol. The van der Waals surface area contributed by atoms with Crippen molar-refractivity contribution in [3.63, 3.8) is 0 Å². The summed E-state index contributed by atoms with van der Waals surface area (Å²) in [6.45, 7) is -1.31. The quantitative estimate of drug-likeness (QED) is 0.249. The number of aliphatic hydroxyl groups is 8. The summed E-state index contributed by atoms with van der Waals surface area (Å²) >= 11 is 0. The van der Waals surface area contributed by atoms with E-state index in [1.54, 1.807) is 0 Å². The lowest BCUT2D eigenvalue weighted by molar-refractivity contribution is -0.302. The molecule has 10 heteroatoms. The van der Waals surface area contributed by atoms with Crippen molar-refractivity contribution < 1.29 is 50.3 Å². The van der Waals surface area contributed by atoms with Crippen LogP contribution in [0.2, 0.25) is 0 Å². The van der Waals surface area contributed by atoms with Gasteiger partial charge in [-0.15, -0.1) is 0 Å². The molecule has 0 aromatic heterocycles.